The van der Waals surface area contributed by atoms with Crippen LogP contribution in [-0.4, -0.2) is 21.5 Å². The van der Waals surface area contributed by atoms with Crippen LogP contribution in [0.15, 0.2) is 97.1 Å². The van der Waals surface area contributed by atoms with Crippen LogP contribution in [0.4, 0.5) is 22.7 Å². The summed E-state index contributed by atoms with van der Waals surface area (Å²) in [6, 6.07) is 30.3. The van der Waals surface area contributed by atoms with Crippen molar-refractivity contribution >= 4 is 22.7 Å². The highest BCUT2D eigenvalue weighted by atomic mass is 16.5. The summed E-state index contributed by atoms with van der Waals surface area (Å²) in [5, 5.41) is 39.1. The van der Waals surface area contributed by atoms with Crippen molar-refractivity contribution in [1.82, 2.24) is 0 Å². The van der Waals surface area contributed by atoms with E-state index in [2.05, 4.69) is 0 Å². The fourth-order valence-corrected chi connectivity index (χ4v) is 4.19. The number of hydrogen-bond donors (Lipinski definition) is 2. The largest absolute Gasteiger partial charge is 0.288 e. The monoisotopic (exact) mass is 510 g/mol. The van der Waals surface area contributed by atoms with Gasteiger partial charge in [0.2, 0.25) is 0 Å². The third-order valence-electron chi connectivity index (χ3n) is 6.25. The molecule has 0 saturated heterocycles. The zero-order valence-electron chi connectivity index (χ0n) is 22.9. The summed E-state index contributed by atoms with van der Waals surface area (Å²) in [6.07, 6.45) is 0. The van der Waals surface area contributed by atoms with E-state index in [1.54, 1.807) is 12.1 Å². The van der Waals surface area contributed by atoms with Gasteiger partial charge in [-0.15, -0.1) is 0 Å². The van der Waals surface area contributed by atoms with Crippen molar-refractivity contribution < 1.29 is 15.6 Å². The lowest BCUT2D eigenvalue weighted by Gasteiger charge is -2.33. The molecule has 0 bridgehead atoms. The lowest BCUT2D eigenvalue weighted by atomic mass is 10.0. The van der Waals surface area contributed by atoms with Crippen LogP contribution in [0.5, 0.6) is 0 Å². The molecule has 0 aliphatic heterocycles. The van der Waals surface area contributed by atoms with Gasteiger partial charge in [-0.25, -0.2) is 0 Å². The summed E-state index contributed by atoms with van der Waals surface area (Å²) in [5.41, 5.74) is 4.05. The highest BCUT2D eigenvalue weighted by Crippen LogP contribution is 2.38. The van der Waals surface area contributed by atoms with E-state index in [0.29, 0.717) is 22.7 Å². The molecule has 0 aromatic heterocycles. The first-order chi connectivity index (χ1) is 17.8. The molecule has 38 heavy (non-hydrogen) atoms. The minimum absolute atomic E-state index is 0.362. The van der Waals surface area contributed by atoms with Crippen LogP contribution < -0.4 is 15.2 Å². The van der Waals surface area contributed by atoms with Gasteiger partial charge in [0, 0.05) is 0 Å². The molecule has 1 radical (unpaired) electrons. The minimum atomic E-state index is -0.579. The quantitative estimate of drug-likeness (QED) is 0.255. The SMILES string of the molecule is CC(C)(C)N(O)c1cc(-c2ccccc2)cc(N([O])c2cc(-c3ccccc3)cc(N(O)C(C)(C)C)c2)c1. The number of benzene rings is 4. The minimum Gasteiger partial charge on any atom is -0.288 e. The lowest BCUT2D eigenvalue weighted by molar-refractivity contribution is 0.179. The maximum absolute atomic E-state index is 14.0. The second-order valence-corrected chi connectivity index (χ2v) is 11.5. The maximum Gasteiger partial charge on any atom is 0.0754 e. The summed E-state index contributed by atoms with van der Waals surface area (Å²) in [7, 11) is 0. The predicted octanol–water partition coefficient (Wildman–Crippen LogP) is 8.49. The van der Waals surface area contributed by atoms with Gasteiger partial charge in [0.15, 0.2) is 0 Å². The van der Waals surface area contributed by atoms with E-state index in [1.165, 1.54) is 10.1 Å². The Hall–Kier alpha value is -3.84. The molecule has 0 aliphatic rings. The molecule has 0 heterocycles. The first-order valence-electron chi connectivity index (χ1n) is 12.7. The second kappa shape index (κ2) is 10.5. The Kier molecular flexibility index (Phi) is 7.51. The Balaban J connectivity index is 1.88. The molecule has 6 nitrogen and oxygen atoms in total. The number of anilines is 4. The van der Waals surface area contributed by atoms with Gasteiger partial charge in [-0.2, -0.15) is 5.06 Å². The standard InChI is InChI=1S/C32H36N3O3/c1-31(2,3)34(37)29-19-25(23-13-9-7-10-14-23)17-27(21-29)33(36)28-18-26(24-15-11-8-12-16-24)20-30(22-28)35(38)32(4,5)6/h7-22,37-38H,1-6H3. The van der Waals surface area contributed by atoms with E-state index in [9.17, 15) is 15.6 Å². The topological polar surface area (TPSA) is 70.1 Å². The predicted molar refractivity (Wildman–Crippen MR) is 155 cm³/mol. The fraction of sp³-hybridized carbons (Fsp3) is 0.250. The average molecular weight is 511 g/mol. The van der Waals surface area contributed by atoms with Crippen LogP contribution in [0.3, 0.4) is 0 Å². The van der Waals surface area contributed by atoms with E-state index < -0.39 is 11.1 Å². The first kappa shape index (κ1) is 27.2. The van der Waals surface area contributed by atoms with Crippen LogP contribution in [0.25, 0.3) is 22.3 Å². The summed E-state index contributed by atoms with van der Waals surface area (Å²) in [4.78, 5) is 0. The molecule has 0 saturated carbocycles. The second-order valence-electron chi connectivity index (χ2n) is 11.5. The van der Waals surface area contributed by atoms with E-state index in [-0.39, 0.29) is 0 Å². The van der Waals surface area contributed by atoms with Crippen molar-refractivity contribution in [3.05, 3.63) is 97.1 Å². The molecule has 0 amide bonds. The van der Waals surface area contributed by atoms with Gasteiger partial charge < -0.3 is 0 Å². The third-order valence-corrected chi connectivity index (χ3v) is 6.25. The van der Waals surface area contributed by atoms with Crippen LogP contribution in [0, 0.1) is 0 Å². The van der Waals surface area contributed by atoms with Crippen molar-refractivity contribution in [2.45, 2.75) is 52.6 Å². The maximum atomic E-state index is 14.0. The van der Waals surface area contributed by atoms with Gasteiger partial charge in [-0.05, 0) is 100 Å². The molecule has 0 atom stereocenters. The summed E-state index contributed by atoms with van der Waals surface area (Å²) < 4.78 is 0. The number of rotatable bonds is 6. The normalized spacial score (nSPS) is 11.8. The molecule has 197 valence electrons. The molecule has 4 aromatic rings. The van der Waals surface area contributed by atoms with Gasteiger partial charge in [0.25, 0.3) is 0 Å². The zero-order valence-corrected chi connectivity index (χ0v) is 22.9. The third kappa shape index (κ3) is 6.00. The Morgan fingerprint density at radius 1 is 0.474 bits per heavy atom. The van der Waals surface area contributed by atoms with Gasteiger partial charge in [-0.3, -0.25) is 20.5 Å². The average Bonchev–Trinajstić information content (AvgIpc) is 2.91. The molecule has 0 fully saturated rings. The van der Waals surface area contributed by atoms with Crippen LogP contribution in [0.2, 0.25) is 0 Å². The van der Waals surface area contributed by atoms with Crippen molar-refractivity contribution in [1.29, 1.82) is 0 Å². The van der Waals surface area contributed by atoms with Crippen molar-refractivity contribution in [2.24, 2.45) is 0 Å². The highest BCUT2D eigenvalue weighted by molar-refractivity contribution is 5.80. The van der Waals surface area contributed by atoms with E-state index in [4.69, 9.17) is 0 Å². The molecule has 0 aliphatic carbocycles. The highest BCUT2D eigenvalue weighted by Gasteiger charge is 2.25. The van der Waals surface area contributed by atoms with Gasteiger partial charge >= 0.3 is 0 Å². The molecule has 0 spiro atoms. The fourth-order valence-electron chi connectivity index (χ4n) is 4.19. The number of nitrogens with zero attached hydrogens (tertiary/aromatic N) is 3. The summed E-state index contributed by atoms with van der Waals surface area (Å²) in [6.45, 7) is 11.4. The zero-order chi connectivity index (χ0) is 27.7. The summed E-state index contributed by atoms with van der Waals surface area (Å²) >= 11 is 0. The molecule has 2 N–H and O–H groups in total. The van der Waals surface area contributed by atoms with E-state index in [0.717, 1.165) is 27.3 Å². The molecule has 4 rings (SSSR count). The van der Waals surface area contributed by atoms with Gasteiger partial charge in [-0.1, -0.05) is 65.9 Å². The Bertz CT molecular complexity index is 1270. The lowest BCUT2D eigenvalue weighted by Crippen LogP contribution is -2.38. The van der Waals surface area contributed by atoms with E-state index >= 15 is 0 Å². The molecule has 0 unspecified atom stereocenters. The Labute approximate surface area is 225 Å². The van der Waals surface area contributed by atoms with Crippen molar-refractivity contribution in [3.63, 3.8) is 0 Å². The van der Waals surface area contributed by atoms with Crippen molar-refractivity contribution in [2.75, 3.05) is 15.2 Å². The van der Waals surface area contributed by atoms with Crippen LogP contribution >= 0.6 is 0 Å². The summed E-state index contributed by atoms with van der Waals surface area (Å²) in [5.74, 6) is 0. The smallest absolute Gasteiger partial charge is 0.0754 e. The number of hydrogen-bond acceptors (Lipinski definition) is 5. The first-order valence-corrected chi connectivity index (χ1v) is 12.7. The molecular weight excluding hydrogens is 474 g/mol. The van der Waals surface area contributed by atoms with E-state index in [1.807, 2.05) is 126 Å². The molecule has 6 heteroatoms. The van der Waals surface area contributed by atoms with Crippen LogP contribution in [-0.2, 0) is 5.21 Å². The molecule has 4 aromatic carbocycles. The van der Waals surface area contributed by atoms with Gasteiger partial charge in [0.1, 0.15) is 0 Å². The Morgan fingerprint density at radius 2 is 0.789 bits per heavy atom. The van der Waals surface area contributed by atoms with Crippen LogP contribution in [0.1, 0.15) is 41.5 Å². The Morgan fingerprint density at radius 3 is 1.11 bits per heavy atom. The number of hydroxylamine groups is 2. The van der Waals surface area contributed by atoms with Gasteiger partial charge in [0.05, 0.1) is 33.8 Å². The molecular formula is C32H36N3O3. The van der Waals surface area contributed by atoms with Crippen molar-refractivity contribution in [3.8, 4) is 22.3 Å².